The molecule has 3 heterocycles. The summed E-state index contributed by atoms with van der Waals surface area (Å²) in [7, 11) is 0. The van der Waals surface area contributed by atoms with Crippen LogP contribution >= 0.6 is 11.3 Å². The molecule has 0 N–H and O–H groups in total. The maximum atomic E-state index is 12.9. The summed E-state index contributed by atoms with van der Waals surface area (Å²) in [5, 5.41) is 4.09. The van der Waals surface area contributed by atoms with Crippen LogP contribution in [0.5, 0.6) is 0 Å². The molecule has 0 unspecified atom stereocenters. The van der Waals surface area contributed by atoms with Crippen molar-refractivity contribution >= 4 is 22.9 Å². The Hall–Kier alpha value is -0.910. The molecule has 2 atom stereocenters. The van der Waals surface area contributed by atoms with Gasteiger partial charge in [0.15, 0.2) is 0 Å². The Labute approximate surface area is 129 Å². The summed E-state index contributed by atoms with van der Waals surface area (Å²) in [6.07, 6.45) is 5.05. The summed E-state index contributed by atoms with van der Waals surface area (Å²) >= 11 is 1.64. The van der Waals surface area contributed by atoms with Gasteiger partial charge in [-0.2, -0.15) is 11.3 Å². The van der Waals surface area contributed by atoms with E-state index >= 15 is 0 Å². The van der Waals surface area contributed by atoms with Crippen LogP contribution in [-0.4, -0.2) is 49.2 Å². The third-order valence-corrected chi connectivity index (χ3v) is 5.90. The third-order valence-electron chi connectivity index (χ3n) is 5.23. The van der Waals surface area contributed by atoms with Crippen LogP contribution in [0, 0.1) is 5.92 Å². The van der Waals surface area contributed by atoms with Crippen LogP contribution in [0.4, 0.5) is 5.69 Å². The summed E-state index contributed by atoms with van der Waals surface area (Å²) < 4.78 is 6.05. The number of amides is 1. The van der Waals surface area contributed by atoms with E-state index in [-0.39, 0.29) is 17.9 Å². The minimum atomic E-state index is 0.0451. The van der Waals surface area contributed by atoms with Crippen molar-refractivity contribution in [1.29, 1.82) is 0 Å². The number of nitrogens with zero attached hydrogens (tertiary/aromatic N) is 2. The molecule has 1 aromatic heterocycles. The molecule has 4 rings (SSSR count). The normalized spacial score (nSPS) is 31.6. The van der Waals surface area contributed by atoms with Crippen LogP contribution in [0.1, 0.15) is 25.7 Å². The summed E-state index contributed by atoms with van der Waals surface area (Å²) in [6, 6.07) is 2.78. The fourth-order valence-corrected chi connectivity index (χ4v) is 4.39. The molecule has 4 nitrogen and oxygen atoms in total. The molecule has 0 bridgehead atoms. The Balaban J connectivity index is 1.49. The largest absolute Gasteiger partial charge is 0.374 e. The first-order valence-corrected chi connectivity index (χ1v) is 8.96. The SMILES string of the molecule is O=C1[C@@H]2CCN(C3CCC3)C[C@@H]2OCCN1c1ccsc1. The first-order valence-electron chi connectivity index (χ1n) is 8.02. The summed E-state index contributed by atoms with van der Waals surface area (Å²) in [5.41, 5.74) is 1.04. The number of rotatable bonds is 2. The quantitative estimate of drug-likeness (QED) is 0.841. The number of hydrogen-bond acceptors (Lipinski definition) is 4. The standard InChI is InChI=1S/C16H22N2O2S/c19-16-14-4-6-17(12-2-1-3-12)10-15(14)20-8-7-18(16)13-5-9-21-11-13/h5,9,11-12,14-15H,1-4,6-8,10H2/t14-,15+/m1/s1. The number of piperidine rings is 1. The van der Waals surface area contributed by atoms with Gasteiger partial charge in [-0.3, -0.25) is 9.69 Å². The molecule has 1 aromatic rings. The second-order valence-electron chi connectivity index (χ2n) is 6.36. The Kier molecular flexibility index (Phi) is 3.73. The number of fused-ring (bicyclic) bond motifs is 1. The van der Waals surface area contributed by atoms with Crippen molar-refractivity contribution in [1.82, 2.24) is 4.90 Å². The van der Waals surface area contributed by atoms with Gasteiger partial charge in [-0.15, -0.1) is 0 Å². The first kappa shape index (κ1) is 13.7. The molecule has 1 aliphatic carbocycles. The van der Waals surface area contributed by atoms with Gasteiger partial charge in [0.2, 0.25) is 5.91 Å². The van der Waals surface area contributed by atoms with Crippen molar-refractivity contribution in [3.63, 3.8) is 0 Å². The highest BCUT2D eigenvalue weighted by atomic mass is 32.1. The van der Waals surface area contributed by atoms with E-state index in [9.17, 15) is 4.79 Å². The molecule has 5 heteroatoms. The second-order valence-corrected chi connectivity index (χ2v) is 7.14. The van der Waals surface area contributed by atoms with Crippen molar-refractivity contribution in [2.24, 2.45) is 5.92 Å². The van der Waals surface area contributed by atoms with Gasteiger partial charge >= 0.3 is 0 Å². The fraction of sp³-hybridized carbons (Fsp3) is 0.688. The van der Waals surface area contributed by atoms with Crippen LogP contribution in [0.3, 0.4) is 0 Å². The lowest BCUT2D eigenvalue weighted by Crippen LogP contribution is -2.53. The fourth-order valence-electron chi connectivity index (χ4n) is 3.75. The minimum absolute atomic E-state index is 0.0451. The van der Waals surface area contributed by atoms with Crippen LogP contribution in [0.25, 0.3) is 0 Å². The van der Waals surface area contributed by atoms with Gasteiger partial charge in [0.05, 0.1) is 24.3 Å². The Morgan fingerprint density at radius 2 is 2.14 bits per heavy atom. The van der Waals surface area contributed by atoms with Gasteiger partial charge in [0.25, 0.3) is 0 Å². The van der Waals surface area contributed by atoms with Gasteiger partial charge in [-0.1, -0.05) is 6.42 Å². The van der Waals surface area contributed by atoms with Crippen LogP contribution in [-0.2, 0) is 9.53 Å². The highest BCUT2D eigenvalue weighted by molar-refractivity contribution is 7.08. The molecular weight excluding hydrogens is 284 g/mol. The van der Waals surface area contributed by atoms with E-state index in [1.54, 1.807) is 11.3 Å². The molecule has 2 aliphatic heterocycles. The number of hydrogen-bond donors (Lipinski definition) is 0. The number of thiophene rings is 1. The average molecular weight is 306 g/mol. The van der Waals surface area contributed by atoms with Gasteiger partial charge < -0.3 is 9.64 Å². The zero-order valence-corrected chi connectivity index (χ0v) is 13.1. The van der Waals surface area contributed by atoms with E-state index in [0.29, 0.717) is 13.2 Å². The second kappa shape index (κ2) is 5.71. The molecule has 2 saturated heterocycles. The van der Waals surface area contributed by atoms with E-state index in [2.05, 4.69) is 10.3 Å². The predicted octanol–water partition coefficient (Wildman–Crippen LogP) is 2.35. The number of carbonyl (C=O) groups excluding carboxylic acids is 1. The van der Waals surface area contributed by atoms with Crippen LogP contribution in [0.15, 0.2) is 16.8 Å². The molecular formula is C16H22N2O2S. The smallest absolute Gasteiger partial charge is 0.232 e. The lowest BCUT2D eigenvalue weighted by molar-refractivity contribution is -0.129. The highest BCUT2D eigenvalue weighted by Gasteiger charge is 2.41. The number of carbonyl (C=O) groups is 1. The Bertz CT molecular complexity index is 500. The van der Waals surface area contributed by atoms with Crippen molar-refractivity contribution in [3.05, 3.63) is 16.8 Å². The zero-order valence-electron chi connectivity index (χ0n) is 12.2. The van der Waals surface area contributed by atoms with Gasteiger partial charge in [0.1, 0.15) is 0 Å². The first-order chi connectivity index (χ1) is 10.3. The molecule has 1 saturated carbocycles. The van der Waals surface area contributed by atoms with Crippen molar-refractivity contribution < 1.29 is 9.53 Å². The van der Waals surface area contributed by atoms with Crippen LogP contribution in [0.2, 0.25) is 0 Å². The van der Waals surface area contributed by atoms with Gasteiger partial charge in [-0.25, -0.2) is 0 Å². The average Bonchev–Trinajstić information content (AvgIpc) is 2.90. The number of ether oxygens (including phenoxy) is 1. The predicted molar refractivity (Wildman–Crippen MR) is 83.7 cm³/mol. The number of likely N-dealkylation sites (tertiary alicyclic amines) is 1. The topological polar surface area (TPSA) is 32.8 Å². The Morgan fingerprint density at radius 1 is 1.24 bits per heavy atom. The van der Waals surface area contributed by atoms with Crippen molar-refractivity contribution in [3.8, 4) is 0 Å². The monoisotopic (exact) mass is 306 g/mol. The molecule has 3 aliphatic rings. The molecule has 0 spiro atoms. The van der Waals surface area contributed by atoms with Gasteiger partial charge in [-0.05, 0) is 37.3 Å². The molecule has 1 amide bonds. The van der Waals surface area contributed by atoms with E-state index in [1.807, 2.05) is 16.3 Å². The van der Waals surface area contributed by atoms with Crippen LogP contribution < -0.4 is 4.90 Å². The summed E-state index contributed by atoms with van der Waals surface area (Å²) in [6.45, 7) is 3.34. The molecule has 21 heavy (non-hydrogen) atoms. The zero-order chi connectivity index (χ0) is 14.2. The summed E-state index contributed by atoms with van der Waals surface area (Å²) in [4.78, 5) is 17.4. The maximum absolute atomic E-state index is 12.9. The Morgan fingerprint density at radius 3 is 2.86 bits per heavy atom. The number of anilines is 1. The van der Waals surface area contributed by atoms with Crippen molar-refractivity contribution in [2.45, 2.75) is 37.8 Å². The van der Waals surface area contributed by atoms with E-state index in [4.69, 9.17) is 4.74 Å². The third kappa shape index (κ3) is 2.51. The minimum Gasteiger partial charge on any atom is -0.374 e. The molecule has 0 radical (unpaired) electrons. The highest BCUT2D eigenvalue weighted by Crippen LogP contribution is 2.33. The lowest BCUT2D eigenvalue weighted by Gasteiger charge is -2.44. The van der Waals surface area contributed by atoms with Crippen molar-refractivity contribution in [2.75, 3.05) is 31.1 Å². The molecule has 114 valence electrons. The molecule has 3 fully saturated rings. The maximum Gasteiger partial charge on any atom is 0.232 e. The van der Waals surface area contributed by atoms with Gasteiger partial charge in [0, 0.05) is 24.5 Å². The van der Waals surface area contributed by atoms with E-state index in [1.165, 1.54) is 19.3 Å². The molecule has 0 aromatic carbocycles. The summed E-state index contributed by atoms with van der Waals surface area (Å²) in [5.74, 6) is 0.313. The lowest BCUT2D eigenvalue weighted by atomic mass is 9.86. The van der Waals surface area contributed by atoms with E-state index < -0.39 is 0 Å². The van der Waals surface area contributed by atoms with E-state index in [0.717, 1.165) is 31.2 Å².